The number of H-pyrrole nitrogens is 1. The molecule has 4 aromatic rings. The lowest BCUT2D eigenvalue weighted by Crippen LogP contribution is -2.29. The molecule has 1 aliphatic rings. The Morgan fingerprint density at radius 2 is 1.85 bits per heavy atom. The van der Waals surface area contributed by atoms with Crippen molar-refractivity contribution in [3.63, 3.8) is 0 Å². The van der Waals surface area contributed by atoms with Crippen molar-refractivity contribution < 1.29 is 14.2 Å². The Bertz CT molecular complexity index is 1360. The number of ether oxygens (including phenoxy) is 3. The first-order valence-corrected chi connectivity index (χ1v) is 10.3. The van der Waals surface area contributed by atoms with Gasteiger partial charge in [0, 0.05) is 22.8 Å². The number of tetrazole rings is 1. The second kappa shape index (κ2) is 8.26. The third kappa shape index (κ3) is 3.43. The SMILES string of the molecule is CCOc1ccc(-c2n[nH]c(=O)c3c2C(c2ccc(OC)cc2OC)n2nnnc2N3)cc1. The van der Waals surface area contributed by atoms with Crippen LogP contribution in [-0.2, 0) is 0 Å². The van der Waals surface area contributed by atoms with E-state index >= 15 is 0 Å². The Kier molecular flexibility index (Phi) is 5.13. The molecular formula is C22H21N7O4. The van der Waals surface area contributed by atoms with Gasteiger partial charge in [0.25, 0.3) is 5.56 Å². The fourth-order valence-corrected chi connectivity index (χ4v) is 3.97. The summed E-state index contributed by atoms with van der Waals surface area (Å²) in [5.41, 5.74) is 2.66. The second-order valence-electron chi connectivity index (χ2n) is 7.23. The number of hydrogen-bond donors (Lipinski definition) is 2. The number of nitrogens with one attached hydrogen (secondary N) is 2. The molecule has 1 atom stereocenters. The molecule has 0 saturated carbocycles. The molecule has 0 spiro atoms. The Balaban J connectivity index is 1.75. The normalized spacial score (nSPS) is 14.1. The Morgan fingerprint density at radius 3 is 2.58 bits per heavy atom. The molecular weight excluding hydrogens is 426 g/mol. The van der Waals surface area contributed by atoms with Gasteiger partial charge in [-0.05, 0) is 53.7 Å². The highest BCUT2D eigenvalue weighted by Gasteiger charge is 2.36. The zero-order valence-corrected chi connectivity index (χ0v) is 18.2. The largest absolute Gasteiger partial charge is 0.497 e. The average Bonchev–Trinajstić information content (AvgIpc) is 3.32. The van der Waals surface area contributed by atoms with E-state index in [1.54, 1.807) is 25.0 Å². The van der Waals surface area contributed by atoms with Crippen molar-refractivity contribution in [1.82, 2.24) is 30.4 Å². The Hall–Kier alpha value is -4.41. The van der Waals surface area contributed by atoms with Crippen LogP contribution in [0.5, 0.6) is 17.2 Å². The van der Waals surface area contributed by atoms with Crippen LogP contribution in [0.1, 0.15) is 24.1 Å². The van der Waals surface area contributed by atoms with Crippen LogP contribution in [0.25, 0.3) is 11.3 Å². The van der Waals surface area contributed by atoms with Crippen LogP contribution >= 0.6 is 0 Å². The van der Waals surface area contributed by atoms with Crippen LogP contribution in [-0.4, -0.2) is 51.2 Å². The fraction of sp³-hybridized carbons (Fsp3) is 0.227. The smallest absolute Gasteiger partial charge is 0.288 e. The molecule has 2 N–H and O–H groups in total. The molecule has 0 saturated heterocycles. The fourth-order valence-electron chi connectivity index (χ4n) is 3.97. The van der Waals surface area contributed by atoms with Gasteiger partial charge >= 0.3 is 0 Å². The maximum Gasteiger partial charge on any atom is 0.288 e. The number of methoxy groups -OCH3 is 2. The lowest BCUT2D eigenvalue weighted by Gasteiger charge is -2.28. The molecule has 11 heteroatoms. The van der Waals surface area contributed by atoms with Crippen molar-refractivity contribution in [2.24, 2.45) is 0 Å². The van der Waals surface area contributed by atoms with Gasteiger partial charge in [-0.15, -0.1) is 0 Å². The molecule has 168 valence electrons. The summed E-state index contributed by atoms with van der Waals surface area (Å²) in [4.78, 5) is 12.8. The minimum atomic E-state index is -0.580. The summed E-state index contributed by atoms with van der Waals surface area (Å²) in [5, 5.41) is 22.0. The van der Waals surface area contributed by atoms with Gasteiger partial charge in [-0.25, -0.2) is 5.10 Å². The summed E-state index contributed by atoms with van der Waals surface area (Å²) in [6.07, 6.45) is 0. The van der Waals surface area contributed by atoms with Gasteiger partial charge in [0.2, 0.25) is 5.95 Å². The zero-order chi connectivity index (χ0) is 22.9. The number of aromatic amines is 1. The van der Waals surface area contributed by atoms with E-state index < -0.39 is 6.04 Å². The van der Waals surface area contributed by atoms with Gasteiger partial charge in [0.1, 0.15) is 29.0 Å². The van der Waals surface area contributed by atoms with Crippen molar-refractivity contribution in [2.75, 3.05) is 26.1 Å². The first-order valence-electron chi connectivity index (χ1n) is 10.3. The summed E-state index contributed by atoms with van der Waals surface area (Å²) in [6.45, 7) is 2.49. The molecule has 0 fully saturated rings. The van der Waals surface area contributed by atoms with Gasteiger partial charge < -0.3 is 19.5 Å². The molecule has 1 aliphatic heterocycles. The highest BCUT2D eigenvalue weighted by Crippen LogP contribution is 2.44. The monoisotopic (exact) mass is 447 g/mol. The molecule has 0 bridgehead atoms. The number of anilines is 2. The molecule has 11 nitrogen and oxygen atoms in total. The lowest BCUT2D eigenvalue weighted by atomic mass is 9.92. The van der Waals surface area contributed by atoms with Crippen LogP contribution in [0.15, 0.2) is 47.3 Å². The van der Waals surface area contributed by atoms with E-state index in [1.165, 1.54) is 0 Å². The van der Waals surface area contributed by atoms with Crippen LogP contribution < -0.4 is 25.1 Å². The number of nitrogens with zero attached hydrogens (tertiary/aromatic N) is 5. The van der Waals surface area contributed by atoms with E-state index in [-0.39, 0.29) is 5.56 Å². The lowest BCUT2D eigenvalue weighted by molar-refractivity contribution is 0.340. The molecule has 3 heterocycles. The molecule has 2 aromatic carbocycles. The summed E-state index contributed by atoms with van der Waals surface area (Å²) in [5.74, 6) is 2.28. The van der Waals surface area contributed by atoms with Crippen LogP contribution in [0.3, 0.4) is 0 Å². The number of hydrogen-bond acceptors (Lipinski definition) is 9. The zero-order valence-electron chi connectivity index (χ0n) is 18.2. The maximum atomic E-state index is 12.8. The van der Waals surface area contributed by atoms with Crippen molar-refractivity contribution in [3.05, 3.63) is 63.9 Å². The van der Waals surface area contributed by atoms with Gasteiger partial charge in [-0.2, -0.15) is 9.78 Å². The minimum Gasteiger partial charge on any atom is -0.497 e. The number of benzene rings is 2. The summed E-state index contributed by atoms with van der Waals surface area (Å²) in [6, 6.07) is 12.4. The summed E-state index contributed by atoms with van der Waals surface area (Å²) < 4.78 is 18.2. The highest BCUT2D eigenvalue weighted by atomic mass is 16.5. The molecule has 1 unspecified atom stereocenters. The van der Waals surface area contributed by atoms with Gasteiger partial charge in [0.05, 0.1) is 26.5 Å². The number of aromatic nitrogens is 6. The number of rotatable bonds is 6. The Labute approximate surface area is 188 Å². The minimum absolute atomic E-state index is 0.319. The summed E-state index contributed by atoms with van der Waals surface area (Å²) in [7, 11) is 3.16. The predicted octanol–water partition coefficient (Wildman–Crippen LogP) is 2.53. The third-order valence-electron chi connectivity index (χ3n) is 5.44. The van der Waals surface area contributed by atoms with Gasteiger partial charge in [-0.1, -0.05) is 5.10 Å². The van der Waals surface area contributed by atoms with E-state index in [1.807, 2.05) is 43.3 Å². The average molecular weight is 447 g/mol. The number of fused-ring (bicyclic) bond motifs is 2. The first kappa shape index (κ1) is 20.5. The van der Waals surface area contributed by atoms with Crippen molar-refractivity contribution in [3.8, 4) is 28.5 Å². The molecule has 0 aliphatic carbocycles. The third-order valence-corrected chi connectivity index (χ3v) is 5.44. The van der Waals surface area contributed by atoms with Crippen molar-refractivity contribution in [1.29, 1.82) is 0 Å². The molecule has 2 aromatic heterocycles. The van der Waals surface area contributed by atoms with Crippen molar-refractivity contribution >= 4 is 11.6 Å². The summed E-state index contributed by atoms with van der Waals surface area (Å²) >= 11 is 0. The van der Waals surface area contributed by atoms with E-state index in [2.05, 4.69) is 31.0 Å². The second-order valence-corrected chi connectivity index (χ2v) is 7.23. The Morgan fingerprint density at radius 1 is 1.06 bits per heavy atom. The van der Waals surface area contributed by atoms with E-state index in [0.29, 0.717) is 41.0 Å². The molecule has 0 amide bonds. The topological polar surface area (TPSA) is 129 Å². The first-order chi connectivity index (χ1) is 16.1. The molecule has 0 radical (unpaired) electrons. The van der Waals surface area contributed by atoms with Crippen LogP contribution in [0.4, 0.5) is 11.6 Å². The highest BCUT2D eigenvalue weighted by molar-refractivity contribution is 5.76. The predicted molar refractivity (Wildman–Crippen MR) is 119 cm³/mol. The van der Waals surface area contributed by atoms with Gasteiger partial charge in [0.15, 0.2) is 0 Å². The van der Waals surface area contributed by atoms with Crippen molar-refractivity contribution in [2.45, 2.75) is 13.0 Å². The van der Waals surface area contributed by atoms with E-state index in [0.717, 1.165) is 16.9 Å². The molecule has 5 rings (SSSR count). The van der Waals surface area contributed by atoms with Crippen LogP contribution in [0, 0.1) is 0 Å². The van der Waals surface area contributed by atoms with Gasteiger partial charge in [-0.3, -0.25) is 4.79 Å². The quantitative estimate of drug-likeness (QED) is 0.403. The van der Waals surface area contributed by atoms with E-state index in [9.17, 15) is 4.79 Å². The van der Waals surface area contributed by atoms with E-state index in [4.69, 9.17) is 14.2 Å². The molecule has 33 heavy (non-hydrogen) atoms. The van der Waals surface area contributed by atoms with Crippen LogP contribution in [0.2, 0.25) is 0 Å². The standard InChI is InChI=1S/C22H21N7O4/c1-4-33-13-7-5-12(6-8-13)18-17-19(21(30)25-24-18)23-22-26-27-28-29(22)20(17)15-10-9-14(31-2)11-16(15)32-3/h5-11,20H,4H2,1-3H3,(H,25,30)(H,23,26,28). The maximum absolute atomic E-state index is 12.8.